The largest absolute Gasteiger partial charge is 0.492 e. The van der Waals surface area contributed by atoms with Crippen LogP contribution in [0.2, 0.25) is 0 Å². The summed E-state index contributed by atoms with van der Waals surface area (Å²) in [4.78, 5) is 19.3. The van der Waals surface area contributed by atoms with E-state index in [4.69, 9.17) is 15.6 Å². The van der Waals surface area contributed by atoms with Gasteiger partial charge < -0.3 is 20.9 Å². The highest BCUT2D eigenvalue weighted by Crippen LogP contribution is 2.11. The van der Waals surface area contributed by atoms with Gasteiger partial charge in [-0.3, -0.25) is 9.78 Å². The van der Waals surface area contributed by atoms with E-state index < -0.39 is 12.0 Å². The van der Waals surface area contributed by atoms with Crippen molar-refractivity contribution in [3.8, 4) is 5.75 Å². The van der Waals surface area contributed by atoms with E-state index in [0.717, 1.165) is 11.5 Å². The zero-order valence-electron chi connectivity index (χ0n) is 12.9. The van der Waals surface area contributed by atoms with E-state index >= 15 is 0 Å². The minimum atomic E-state index is -1.04. The molecule has 2 aromatic heterocycles. The van der Waals surface area contributed by atoms with Gasteiger partial charge in [-0.15, -0.1) is 0 Å². The van der Waals surface area contributed by atoms with Crippen molar-refractivity contribution in [2.45, 2.75) is 18.9 Å². The Balaban J connectivity index is 1.83. The number of carboxylic acid groups (broad SMARTS) is 1. The Morgan fingerprint density at radius 2 is 2.17 bits per heavy atom. The Kier molecular flexibility index (Phi) is 5.87. The smallest absolute Gasteiger partial charge is 0.320 e. The second kappa shape index (κ2) is 8.09. The van der Waals surface area contributed by atoms with Crippen LogP contribution in [-0.4, -0.2) is 40.7 Å². The first-order valence-electron chi connectivity index (χ1n) is 7.28. The molecular weight excluding hydrogens is 296 g/mol. The molecule has 0 aliphatic heterocycles. The van der Waals surface area contributed by atoms with Gasteiger partial charge in [-0.05, 0) is 24.3 Å². The lowest BCUT2D eigenvalue weighted by Crippen LogP contribution is -2.32. The van der Waals surface area contributed by atoms with E-state index in [1.807, 2.05) is 25.2 Å². The second-order valence-corrected chi connectivity index (χ2v) is 5.00. The zero-order valence-corrected chi connectivity index (χ0v) is 12.9. The molecule has 0 spiro atoms. The quantitative estimate of drug-likeness (QED) is 0.668. The van der Waals surface area contributed by atoms with Crippen molar-refractivity contribution in [3.05, 3.63) is 47.9 Å². The zero-order chi connectivity index (χ0) is 16.7. The van der Waals surface area contributed by atoms with E-state index in [1.54, 1.807) is 18.3 Å². The number of pyridine rings is 2. The molecule has 122 valence electrons. The third-order valence-electron chi connectivity index (χ3n) is 3.23. The van der Waals surface area contributed by atoms with Crippen molar-refractivity contribution in [1.82, 2.24) is 9.97 Å². The number of carboxylic acids is 1. The lowest BCUT2D eigenvalue weighted by atomic mass is 10.1. The van der Waals surface area contributed by atoms with Gasteiger partial charge >= 0.3 is 5.97 Å². The number of hydrogen-bond donors (Lipinski definition) is 3. The minimum absolute atomic E-state index is 0.191. The highest BCUT2D eigenvalue weighted by atomic mass is 16.5. The first-order chi connectivity index (χ1) is 11.1. The van der Waals surface area contributed by atoms with E-state index in [2.05, 4.69) is 15.3 Å². The Labute approximate surface area is 134 Å². The molecule has 0 saturated heterocycles. The molecule has 0 amide bonds. The van der Waals surface area contributed by atoms with Gasteiger partial charge in [0.2, 0.25) is 0 Å². The summed E-state index contributed by atoms with van der Waals surface area (Å²) in [6.45, 7) is 0.482. The number of nitrogens with zero attached hydrogens (tertiary/aromatic N) is 2. The van der Waals surface area contributed by atoms with E-state index in [9.17, 15) is 4.79 Å². The average Bonchev–Trinajstić information content (AvgIpc) is 2.56. The molecule has 0 bridgehead atoms. The van der Waals surface area contributed by atoms with Gasteiger partial charge in [0.15, 0.2) is 0 Å². The van der Waals surface area contributed by atoms with Crippen LogP contribution in [0.3, 0.4) is 0 Å². The van der Waals surface area contributed by atoms with Crippen molar-refractivity contribution < 1.29 is 14.6 Å². The number of aliphatic carboxylic acids is 1. The van der Waals surface area contributed by atoms with Gasteiger partial charge in [-0.1, -0.05) is 6.07 Å². The number of nitrogens with two attached hydrogens (primary N) is 1. The van der Waals surface area contributed by atoms with Gasteiger partial charge in [-0.2, -0.15) is 0 Å². The van der Waals surface area contributed by atoms with Crippen molar-refractivity contribution in [1.29, 1.82) is 0 Å². The van der Waals surface area contributed by atoms with Crippen molar-refractivity contribution in [2.75, 3.05) is 19.0 Å². The number of carbonyl (C=O) groups is 1. The first-order valence-corrected chi connectivity index (χ1v) is 7.28. The Morgan fingerprint density at radius 1 is 1.35 bits per heavy atom. The molecule has 4 N–H and O–H groups in total. The van der Waals surface area contributed by atoms with Crippen LogP contribution in [0.15, 0.2) is 36.5 Å². The van der Waals surface area contributed by atoms with Crippen LogP contribution in [0.1, 0.15) is 11.4 Å². The van der Waals surface area contributed by atoms with Gasteiger partial charge in [0.25, 0.3) is 0 Å². The molecule has 0 radical (unpaired) electrons. The molecule has 7 nitrogen and oxygen atoms in total. The maximum absolute atomic E-state index is 10.7. The molecular formula is C16H20N4O3. The molecule has 0 fully saturated rings. The van der Waals surface area contributed by atoms with Crippen molar-refractivity contribution >= 4 is 11.8 Å². The van der Waals surface area contributed by atoms with Crippen LogP contribution in [0.5, 0.6) is 5.75 Å². The number of anilines is 1. The van der Waals surface area contributed by atoms with Crippen LogP contribution >= 0.6 is 0 Å². The molecule has 2 heterocycles. The topological polar surface area (TPSA) is 110 Å². The predicted octanol–water partition coefficient (Wildman–Crippen LogP) is 1.09. The van der Waals surface area contributed by atoms with Gasteiger partial charge in [0.05, 0.1) is 12.8 Å². The van der Waals surface area contributed by atoms with Crippen molar-refractivity contribution in [3.63, 3.8) is 0 Å². The van der Waals surface area contributed by atoms with Crippen LogP contribution in [0.4, 0.5) is 5.82 Å². The lowest BCUT2D eigenvalue weighted by Gasteiger charge is -2.08. The SMILES string of the molecule is CNc1cccc(CCOc2ccc(C[C@H](N)C(=O)O)nc2)n1. The molecule has 1 atom stereocenters. The summed E-state index contributed by atoms with van der Waals surface area (Å²) in [5.41, 5.74) is 7.03. The van der Waals surface area contributed by atoms with Crippen LogP contribution < -0.4 is 15.8 Å². The maximum atomic E-state index is 10.7. The minimum Gasteiger partial charge on any atom is -0.492 e. The molecule has 7 heteroatoms. The number of nitrogens with one attached hydrogen (secondary N) is 1. The summed E-state index contributed by atoms with van der Waals surface area (Å²) in [6.07, 6.45) is 2.44. The van der Waals surface area contributed by atoms with Crippen molar-refractivity contribution in [2.24, 2.45) is 5.73 Å². The van der Waals surface area contributed by atoms with Crippen LogP contribution in [0.25, 0.3) is 0 Å². The average molecular weight is 316 g/mol. The fourth-order valence-corrected chi connectivity index (χ4v) is 1.96. The lowest BCUT2D eigenvalue weighted by molar-refractivity contribution is -0.138. The standard InChI is InChI=1S/C16H20N4O3/c1-18-15-4-2-3-11(20-15)7-8-23-13-6-5-12(19-10-13)9-14(17)16(21)22/h2-6,10,14H,7-9,17H2,1H3,(H,18,20)(H,21,22)/t14-/m0/s1. The number of rotatable bonds is 8. The van der Waals surface area contributed by atoms with Gasteiger partial charge in [-0.25, -0.2) is 4.98 Å². The second-order valence-electron chi connectivity index (χ2n) is 5.00. The first kappa shape index (κ1) is 16.7. The highest BCUT2D eigenvalue weighted by Gasteiger charge is 2.12. The third kappa shape index (κ3) is 5.23. The Hall–Kier alpha value is -2.67. The Morgan fingerprint density at radius 3 is 2.83 bits per heavy atom. The number of hydrogen-bond acceptors (Lipinski definition) is 6. The summed E-state index contributed by atoms with van der Waals surface area (Å²) in [5, 5.41) is 11.8. The van der Waals surface area contributed by atoms with E-state index in [-0.39, 0.29) is 6.42 Å². The normalized spacial score (nSPS) is 11.7. The van der Waals surface area contributed by atoms with E-state index in [1.165, 1.54) is 0 Å². The van der Waals surface area contributed by atoms with E-state index in [0.29, 0.717) is 24.5 Å². The molecule has 0 aromatic carbocycles. The molecule has 2 rings (SSSR count). The fraction of sp³-hybridized carbons (Fsp3) is 0.312. The van der Waals surface area contributed by atoms with Crippen LogP contribution in [-0.2, 0) is 17.6 Å². The number of ether oxygens (including phenoxy) is 1. The van der Waals surface area contributed by atoms with Crippen LogP contribution in [0, 0.1) is 0 Å². The third-order valence-corrected chi connectivity index (χ3v) is 3.23. The predicted molar refractivity (Wildman–Crippen MR) is 86.5 cm³/mol. The highest BCUT2D eigenvalue weighted by molar-refractivity contribution is 5.73. The number of aromatic nitrogens is 2. The summed E-state index contributed by atoms with van der Waals surface area (Å²) in [7, 11) is 1.83. The molecule has 23 heavy (non-hydrogen) atoms. The maximum Gasteiger partial charge on any atom is 0.320 e. The molecule has 0 aliphatic carbocycles. The summed E-state index contributed by atoms with van der Waals surface area (Å²) >= 11 is 0. The molecule has 2 aromatic rings. The molecule has 0 aliphatic rings. The summed E-state index contributed by atoms with van der Waals surface area (Å²) in [6, 6.07) is 8.32. The fourth-order valence-electron chi connectivity index (χ4n) is 1.96. The Bertz CT molecular complexity index is 646. The van der Waals surface area contributed by atoms with Gasteiger partial charge in [0, 0.05) is 31.3 Å². The van der Waals surface area contributed by atoms with Gasteiger partial charge in [0.1, 0.15) is 17.6 Å². The molecule has 0 unspecified atom stereocenters. The molecule has 0 saturated carbocycles. The summed E-state index contributed by atoms with van der Waals surface area (Å²) in [5.74, 6) is 0.411. The monoisotopic (exact) mass is 316 g/mol. The summed E-state index contributed by atoms with van der Waals surface area (Å²) < 4.78 is 5.62.